The predicted octanol–water partition coefficient (Wildman–Crippen LogP) is 4.68. The molecule has 7 heteroatoms. The molecule has 2 aromatic rings. The fraction of sp³-hybridized carbons (Fsp3) is 0.484. The van der Waals surface area contributed by atoms with Crippen LogP contribution in [0.15, 0.2) is 59.6 Å². The van der Waals surface area contributed by atoms with Gasteiger partial charge in [-0.05, 0) is 37.2 Å². The summed E-state index contributed by atoms with van der Waals surface area (Å²) in [5, 5.41) is 2.92. The van der Waals surface area contributed by atoms with Gasteiger partial charge in [0.1, 0.15) is 0 Å². The van der Waals surface area contributed by atoms with Crippen molar-refractivity contribution in [3.05, 3.63) is 65.7 Å². The number of fused-ring (bicyclic) bond motifs is 1. The third-order valence-corrected chi connectivity index (χ3v) is 7.94. The lowest BCUT2D eigenvalue weighted by molar-refractivity contribution is -0.136. The molecular weight excluding hydrogens is 476 g/mol. The van der Waals surface area contributed by atoms with Gasteiger partial charge in [0, 0.05) is 30.0 Å². The molecule has 0 bridgehead atoms. The molecule has 0 aromatic heterocycles. The normalized spacial score (nSPS) is 19.5. The van der Waals surface area contributed by atoms with Crippen LogP contribution in [0.25, 0.3) is 0 Å². The number of nitrogens with two attached hydrogens (primary N) is 1. The zero-order valence-corrected chi connectivity index (χ0v) is 22.7. The van der Waals surface area contributed by atoms with Gasteiger partial charge in [0.15, 0.2) is 0 Å². The summed E-state index contributed by atoms with van der Waals surface area (Å²) in [6.07, 6.45) is 5.68. The highest BCUT2D eigenvalue weighted by atomic mass is 16.2. The van der Waals surface area contributed by atoms with Crippen LogP contribution in [0.5, 0.6) is 0 Å². The van der Waals surface area contributed by atoms with Gasteiger partial charge in [-0.15, -0.1) is 0 Å². The molecule has 1 heterocycles. The molecule has 1 fully saturated rings. The van der Waals surface area contributed by atoms with E-state index in [1.54, 1.807) is 11.9 Å². The largest absolute Gasteiger partial charge is 0.369 e. The summed E-state index contributed by atoms with van der Waals surface area (Å²) in [6.45, 7) is 4.06. The van der Waals surface area contributed by atoms with Gasteiger partial charge in [-0.25, -0.2) is 4.99 Å². The standard InChI is InChI=1S/C31H40N4O3/c1-20(2)19-25(23(28(32)36)18-17-21-11-7-8-12-21)30(37)34-29-31(38)35(3)26-16-10-9-15-24(26)27(33-29)22-13-5-4-6-14-22/h4-6,9-10,13-16,20-21,23,25,29H,7-8,11-12,17-19H2,1-3H3,(H2,32,36)(H,34,37)/t23?,25?,29-/m1/s1. The summed E-state index contributed by atoms with van der Waals surface area (Å²) >= 11 is 0. The molecular formula is C31H40N4O3. The van der Waals surface area contributed by atoms with E-state index in [9.17, 15) is 14.4 Å². The Morgan fingerprint density at radius 1 is 1.03 bits per heavy atom. The van der Waals surface area contributed by atoms with Crippen molar-refractivity contribution in [2.75, 3.05) is 11.9 Å². The lowest BCUT2D eigenvalue weighted by Crippen LogP contribution is -2.50. The highest BCUT2D eigenvalue weighted by Gasteiger charge is 2.37. The second-order valence-electron chi connectivity index (χ2n) is 11.1. The molecule has 1 saturated carbocycles. The van der Waals surface area contributed by atoms with Gasteiger partial charge in [0.25, 0.3) is 5.91 Å². The molecule has 2 aliphatic rings. The second kappa shape index (κ2) is 12.4. The fourth-order valence-electron chi connectivity index (χ4n) is 5.90. The van der Waals surface area contributed by atoms with Gasteiger partial charge in [0.05, 0.1) is 11.4 Å². The van der Waals surface area contributed by atoms with E-state index in [2.05, 4.69) is 5.32 Å². The summed E-state index contributed by atoms with van der Waals surface area (Å²) in [4.78, 5) is 46.4. The van der Waals surface area contributed by atoms with Crippen molar-refractivity contribution in [3.63, 3.8) is 0 Å². The van der Waals surface area contributed by atoms with Crippen molar-refractivity contribution < 1.29 is 14.4 Å². The first kappa shape index (κ1) is 27.6. The van der Waals surface area contributed by atoms with Crippen LogP contribution in [-0.4, -0.2) is 36.6 Å². The molecule has 4 rings (SSSR count). The third kappa shape index (κ3) is 6.32. The number of aliphatic imine (C=N–C) groups is 1. The smallest absolute Gasteiger partial charge is 0.272 e. The molecule has 0 radical (unpaired) electrons. The fourth-order valence-corrected chi connectivity index (χ4v) is 5.90. The summed E-state index contributed by atoms with van der Waals surface area (Å²) in [6, 6.07) is 17.3. The Labute approximate surface area is 225 Å². The van der Waals surface area contributed by atoms with E-state index < -0.39 is 23.9 Å². The maximum Gasteiger partial charge on any atom is 0.272 e. The quantitative estimate of drug-likeness (QED) is 0.479. The van der Waals surface area contributed by atoms with Crippen molar-refractivity contribution in [2.24, 2.45) is 34.4 Å². The van der Waals surface area contributed by atoms with Crippen LogP contribution in [-0.2, 0) is 14.4 Å². The zero-order valence-electron chi connectivity index (χ0n) is 22.7. The van der Waals surface area contributed by atoms with Crippen LogP contribution < -0.4 is 16.0 Å². The van der Waals surface area contributed by atoms with Crippen molar-refractivity contribution in [3.8, 4) is 0 Å². The summed E-state index contributed by atoms with van der Waals surface area (Å²) in [5.74, 6) is -1.55. The van der Waals surface area contributed by atoms with Crippen molar-refractivity contribution in [1.82, 2.24) is 5.32 Å². The monoisotopic (exact) mass is 516 g/mol. The number of carbonyl (C=O) groups excluding carboxylic acids is 3. The lowest BCUT2D eigenvalue weighted by Gasteiger charge is -2.28. The number of likely N-dealkylation sites (N-methyl/N-ethyl adjacent to an activating group) is 1. The van der Waals surface area contributed by atoms with Gasteiger partial charge in [-0.2, -0.15) is 0 Å². The number of para-hydroxylation sites is 1. The molecule has 1 aliphatic heterocycles. The molecule has 0 saturated heterocycles. The van der Waals surface area contributed by atoms with Crippen LogP contribution in [0.4, 0.5) is 5.69 Å². The van der Waals surface area contributed by atoms with Crippen molar-refractivity contribution in [2.45, 2.75) is 65.0 Å². The van der Waals surface area contributed by atoms with Gasteiger partial charge in [-0.3, -0.25) is 14.4 Å². The average Bonchev–Trinajstić information content (AvgIpc) is 3.40. The summed E-state index contributed by atoms with van der Waals surface area (Å²) in [5.41, 5.74) is 8.91. The number of primary amides is 1. The topological polar surface area (TPSA) is 105 Å². The second-order valence-corrected chi connectivity index (χ2v) is 11.1. The van der Waals surface area contributed by atoms with Gasteiger partial charge < -0.3 is 16.0 Å². The lowest BCUT2D eigenvalue weighted by atomic mass is 9.80. The van der Waals surface area contributed by atoms with Gasteiger partial charge >= 0.3 is 0 Å². The Hall–Kier alpha value is -3.48. The Balaban J connectivity index is 1.64. The molecule has 3 N–H and O–H groups in total. The highest BCUT2D eigenvalue weighted by Crippen LogP contribution is 2.33. The number of nitrogens with zero attached hydrogens (tertiary/aromatic N) is 2. The molecule has 38 heavy (non-hydrogen) atoms. The van der Waals surface area contributed by atoms with E-state index >= 15 is 0 Å². The Kier molecular flexibility index (Phi) is 8.97. The Bertz CT molecular complexity index is 1170. The predicted molar refractivity (Wildman–Crippen MR) is 151 cm³/mol. The maximum absolute atomic E-state index is 13.8. The van der Waals surface area contributed by atoms with E-state index in [4.69, 9.17) is 10.7 Å². The molecule has 7 nitrogen and oxygen atoms in total. The van der Waals surface area contributed by atoms with Crippen molar-refractivity contribution >= 4 is 29.1 Å². The first-order valence-corrected chi connectivity index (χ1v) is 13.9. The maximum atomic E-state index is 13.8. The number of benzodiazepines with no additional fused rings is 1. The number of anilines is 1. The molecule has 2 aromatic carbocycles. The minimum absolute atomic E-state index is 0.180. The number of hydrogen-bond acceptors (Lipinski definition) is 4. The van der Waals surface area contributed by atoms with E-state index in [0.717, 1.165) is 23.2 Å². The minimum atomic E-state index is -1.12. The number of carbonyl (C=O) groups is 3. The van der Waals surface area contributed by atoms with Gasteiger partial charge in [-0.1, -0.05) is 88.1 Å². The Morgan fingerprint density at radius 3 is 2.34 bits per heavy atom. The van der Waals surface area contributed by atoms with Crippen LogP contribution >= 0.6 is 0 Å². The number of nitrogens with one attached hydrogen (secondary N) is 1. The molecule has 0 spiro atoms. The number of amides is 3. The van der Waals surface area contributed by atoms with E-state index in [1.807, 2.05) is 68.4 Å². The molecule has 2 unspecified atom stereocenters. The van der Waals surface area contributed by atoms with Crippen LogP contribution in [0.2, 0.25) is 0 Å². The molecule has 1 aliphatic carbocycles. The highest BCUT2D eigenvalue weighted by molar-refractivity contribution is 6.20. The third-order valence-electron chi connectivity index (χ3n) is 7.94. The van der Waals surface area contributed by atoms with E-state index in [1.165, 1.54) is 25.7 Å². The zero-order chi connectivity index (χ0) is 27.2. The van der Waals surface area contributed by atoms with Crippen LogP contribution in [0.1, 0.15) is 69.9 Å². The first-order valence-electron chi connectivity index (χ1n) is 13.9. The summed E-state index contributed by atoms with van der Waals surface area (Å²) in [7, 11) is 1.70. The van der Waals surface area contributed by atoms with Crippen LogP contribution in [0.3, 0.4) is 0 Å². The molecule has 3 atom stereocenters. The molecule has 202 valence electrons. The van der Waals surface area contributed by atoms with Gasteiger partial charge in [0.2, 0.25) is 18.0 Å². The average molecular weight is 517 g/mol. The van der Waals surface area contributed by atoms with Crippen LogP contribution in [0, 0.1) is 23.7 Å². The Morgan fingerprint density at radius 2 is 1.68 bits per heavy atom. The van der Waals surface area contributed by atoms with E-state index in [0.29, 0.717) is 24.5 Å². The molecule has 3 amide bonds. The van der Waals surface area contributed by atoms with E-state index in [-0.39, 0.29) is 17.7 Å². The first-order chi connectivity index (χ1) is 18.3. The summed E-state index contributed by atoms with van der Waals surface area (Å²) < 4.78 is 0. The SMILES string of the molecule is CC(C)CC(C(=O)N[C@H]1N=C(c2ccccc2)c2ccccc2N(C)C1=O)C(CCC1CCCC1)C(N)=O. The van der Waals surface area contributed by atoms with Crippen molar-refractivity contribution in [1.29, 1.82) is 0 Å². The number of benzene rings is 2. The minimum Gasteiger partial charge on any atom is -0.369 e. The number of hydrogen-bond donors (Lipinski definition) is 2. The number of rotatable bonds is 10.